The average molecular weight is 359 g/mol. The molecular weight excluding hydrogens is 332 g/mol. The molecule has 0 heterocycles. The second kappa shape index (κ2) is 9.42. The summed E-state index contributed by atoms with van der Waals surface area (Å²) in [5, 5.41) is 0. The summed E-state index contributed by atoms with van der Waals surface area (Å²) in [5.74, 6) is 1.34. The molecule has 1 atom stereocenters. The van der Waals surface area contributed by atoms with Gasteiger partial charge in [-0.25, -0.2) is 4.21 Å². The Kier molecular flexibility index (Phi) is 7.26. The Hall–Kier alpha value is -2.07. The van der Waals surface area contributed by atoms with Gasteiger partial charge in [-0.3, -0.25) is 0 Å². The third kappa shape index (κ3) is 4.73. The largest absolute Gasteiger partial charge is 0.496 e. The van der Waals surface area contributed by atoms with Gasteiger partial charge in [0.2, 0.25) is 0 Å². The maximum Gasteiger partial charge on any atom is 0.131 e. The number of hydrogen-bond donors (Lipinski definition) is 0. The van der Waals surface area contributed by atoms with E-state index in [1.807, 2.05) is 49.4 Å². The van der Waals surface area contributed by atoms with E-state index >= 15 is 0 Å². The number of ether oxygens (including phenoxy) is 2. The minimum absolute atomic E-state index is 0.669. The van der Waals surface area contributed by atoms with Crippen LogP contribution < -0.4 is 9.47 Å². The molecule has 0 radical (unpaired) electrons. The quantitative estimate of drug-likeness (QED) is 0.597. The Morgan fingerprint density at radius 2 is 1.64 bits per heavy atom. The van der Waals surface area contributed by atoms with Crippen LogP contribution in [0.25, 0.3) is 4.91 Å². The molecule has 0 fully saturated rings. The van der Waals surface area contributed by atoms with Crippen LogP contribution in [0.2, 0.25) is 0 Å². The zero-order chi connectivity index (χ0) is 18.2. The summed E-state index contributed by atoms with van der Waals surface area (Å²) in [7, 11) is 1.94. The lowest BCUT2D eigenvalue weighted by molar-refractivity contribution is 0.392. The highest BCUT2D eigenvalue weighted by molar-refractivity contribution is 7.94. The summed E-state index contributed by atoms with van der Waals surface area (Å²) in [6.07, 6.45) is 5.06. The van der Waals surface area contributed by atoms with Crippen molar-refractivity contribution in [2.45, 2.75) is 38.0 Å². The minimum atomic E-state index is -1.31. The summed E-state index contributed by atoms with van der Waals surface area (Å²) in [6.45, 7) is 4.17. The Morgan fingerprint density at radius 1 is 1.04 bits per heavy atom. The molecule has 0 unspecified atom stereocenters. The van der Waals surface area contributed by atoms with Crippen LogP contribution in [0.15, 0.2) is 53.4 Å². The summed E-state index contributed by atoms with van der Waals surface area (Å²) >= 11 is 0. The standard InChI is InChI=1S/C21H26O3S/c1-5-6-7-11-20(25(22)17-14-12-16(2)13-15-17)21-18(23-3)9-8-10-19(21)24-4/h8-15H,5-7H2,1-4H3/b20-11-/t25-/m0/s1. The normalized spacial score (nSPS) is 12.7. The van der Waals surface area contributed by atoms with Crippen molar-refractivity contribution in [3.63, 3.8) is 0 Å². The lowest BCUT2D eigenvalue weighted by Gasteiger charge is -2.16. The van der Waals surface area contributed by atoms with Gasteiger partial charge < -0.3 is 9.47 Å². The molecule has 4 heteroatoms. The van der Waals surface area contributed by atoms with Crippen LogP contribution in [0.5, 0.6) is 11.5 Å². The van der Waals surface area contributed by atoms with E-state index in [9.17, 15) is 4.21 Å². The van der Waals surface area contributed by atoms with Gasteiger partial charge in [-0.1, -0.05) is 49.6 Å². The highest BCUT2D eigenvalue weighted by Gasteiger charge is 2.20. The van der Waals surface area contributed by atoms with Gasteiger partial charge in [0.05, 0.1) is 35.5 Å². The molecule has 0 amide bonds. The zero-order valence-corrected chi connectivity index (χ0v) is 16.2. The maximum atomic E-state index is 13.3. The molecule has 0 aliphatic carbocycles. The van der Waals surface area contributed by atoms with Crippen molar-refractivity contribution < 1.29 is 13.7 Å². The van der Waals surface area contributed by atoms with E-state index in [4.69, 9.17) is 9.47 Å². The molecule has 0 aromatic heterocycles. The zero-order valence-electron chi connectivity index (χ0n) is 15.4. The first-order chi connectivity index (χ1) is 12.1. The van der Waals surface area contributed by atoms with Crippen molar-refractivity contribution >= 4 is 15.7 Å². The molecule has 0 saturated carbocycles. The van der Waals surface area contributed by atoms with Crippen molar-refractivity contribution in [3.8, 4) is 11.5 Å². The smallest absolute Gasteiger partial charge is 0.131 e. The van der Waals surface area contributed by atoms with Crippen molar-refractivity contribution in [3.05, 3.63) is 59.7 Å². The minimum Gasteiger partial charge on any atom is -0.496 e. The van der Waals surface area contributed by atoms with Gasteiger partial charge in [0, 0.05) is 4.90 Å². The predicted molar refractivity (Wildman–Crippen MR) is 105 cm³/mol. The third-order valence-electron chi connectivity index (χ3n) is 4.00. The molecule has 3 nitrogen and oxygen atoms in total. The van der Waals surface area contributed by atoms with Crippen molar-refractivity contribution in [2.75, 3.05) is 14.2 Å². The molecular formula is C21H26O3S. The second-order valence-corrected chi connectivity index (χ2v) is 7.28. The van der Waals surface area contributed by atoms with E-state index in [2.05, 4.69) is 13.0 Å². The Labute approximate surface area is 153 Å². The number of unbranched alkanes of at least 4 members (excludes halogenated alkanes) is 2. The maximum absolute atomic E-state index is 13.3. The van der Waals surface area contributed by atoms with E-state index in [0.717, 1.165) is 40.2 Å². The van der Waals surface area contributed by atoms with Gasteiger partial charge >= 0.3 is 0 Å². The number of benzene rings is 2. The third-order valence-corrected chi connectivity index (χ3v) is 5.47. The van der Waals surface area contributed by atoms with E-state index in [0.29, 0.717) is 11.5 Å². The van der Waals surface area contributed by atoms with E-state index < -0.39 is 10.8 Å². The molecule has 0 aliphatic heterocycles. The van der Waals surface area contributed by atoms with Gasteiger partial charge in [-0.2, -0.15) is 0 Å². The SMILES string of the molecule is CCCC/C=C(/c1c(OC)cccc1OC)[S@@](=O)c1ccc(C)cc1. The predicted octanol–water partition coefficient (Wildman–Crippen LogP) is 5.35. The van der Waals surface area contributed by atoms with Crippen LogP contribution in [0.1, 0.15) is 37.3 Å². The average Bonchev–Trinajstić information content (AvgIpc) is 2.65. The van der Waals surface area contributed by atoms with Crippen molar-refractivity contribution in [1.82, 2.24) is 0 Å². The fourth-order valence-electron chi connectivity index (χ4n) is 2.59. The van der Waals surface area contributed by atoms with Gasteiger partial charge in [0.15, 0.2) is 0 Å². The van der Waals surface area contributed by atoms with Crippen LogP contribution in [-0.2, 0) is 10.8 Å². The highest BCUT2D eigenvalue weighted by Crippen LogP contribution is 2.38. The molecule has 0 bridgehead atoms. The second-order valence-electron chi connectivity index (χ2n) is 5.83. The van der Waals surface area contributed by atoms with E-state index in [-0.39, 0.29) is 0 Å². The van der Waals surface area contributed by atoms with Crippen LogP contribution >= 0.6 is 0 Å². The number of allylic oxidation sites excluding steroid dienone is 1. The van der Waals surface area contributed by atoms with Crippen molar-refractivity contribution in [1.29, 1.82) is 0 Å². The van der Waals surface area contributed by atoms with E-state index in [1.165, 1.54) is 0 Å². The molecule has 2 rings (SSSR count). The molecule has 0 N–H and O–H groups in total. The first kappa shape index (κ1) is 19.3. The van der Waals surface area contributed by atoms with Gasteiger partial charge in [0.1, 0.15) is 11.5 Å². The van der Waals surface area contributed by atoms with Gasteiger partial charge in [-0.15, -0.1) is 0 Å². The summed E-state index contributed by atoms with van der Waals surface area (Å²) < 4.78 is 24.4. The Bertz CT molecular complexity index is 726. The lowest BCUT2D eigenvalue weighted by atomic mass is 10.1. The Balaban J connectivity index is 2.56. The fraction of sp³-hybridized carbons (Fsp3) is 0.333. The van der Waals surface area contributed by atoms with E-state index in [1.54, 1.807) is 14.2 Å². The first-order valence-corrected chi connectivity index (χ1v) is 9.67. The summed E-state index contributed by atoms with van der Waals surface area (Å²) in [4.78, 5) is 1.52. The lowest BCUT2D eigenvalue weighted by Crippen LogP contribution is -2.02. The molecule has 0 spiro atoms. The number of rotatable bonds is 8. The topological polar surface area (TPSA) is 35.5 Å². The number of methoxy groups -OCH3 is 2. The molecule has 2 aromatic carbocycles. The number of aryl methyl sites for hydroxylation is 1. The fourth-order valence-corrected chi connectivity index (χ4v) is 3.88. The van der Waals surface area contributed by atoms with Crippen LogP contribution in [-0.4, -0.2) is 18.4 Å². The van der Waals surface area contributed by atoms with Gasteiger partial charge in [-0.05, 0) is 37.6 Å². The Morgan fingerprint density at radius 3 is 2.16 bits per heavy atom. The molecule has 2 aromatic rings. The summed E-state index contributed by atoms with van der Waals surface area (Å²) in [5.41, 5.74) is 1.91. The van der Waals surface area contributed by atoms with Crippen molar-refractivity contribution in [2.24, 2.45) is 0 Å². The first-order valence-electron chi connectivity index (χ1n) is 8.52. The summed E-state index contributed by atoms with van der Waals surface area (Å²) in [6, 6.07) is 13.4. The number of hydrogen-bond acceptors (Lipinski definition) is 3. The van der Waals surface area contributed by atoms with Crippen LogP contribution in [0.3, 0.4) is 0 Å². The molecule has 25 heavy (non-hydrogen) atoms. The molecule has 0 saturated heterocycles. The molecule has 0 aliphatic rings. The monoisotopic (exact) mass is 358 g/mol. The molecule has 134 valence electrons. The van der Waals surface area contributed by atoms with Crippen LogP contribution in [0, 0.1) is 6.92 Å². The van der Waals surface area contributed by atoms with Crippen LogP contribution in [0.4, 0.5) is 0 Å². The van der Waals surface area contributed by atoms with Gasteiger partial charge in [0.25, 0.3) is 0 Å². The highest BCUT2D eigenvalue weighted by atomic mass is 32.2.